The maximum atomic E-state index is 4.28. The lowest BCUT2D eigenvalue weighted by Crippen LogP contribution is -2.29. The fraction of sp³-hybridized carbons (Fsp3) is 0.730. The van der Waals surface area contributed by atoms with Crippen LogP contribution in [0, 0.1) is 0 Å². The number of unbranched alkanes of at least 4 members (excludes halogenated alkanes) is 12. The molecule has 1 rings (SSSR count). The molecule has 0 radical (unpaired) electrons. The number of nitrogens with one attached hydrogen (secondary N) is 1. The van der Waals surface area contributed by atoms with Crippen LogP contribution in [0.25, 0.3) is 0 Å². The second kappa shape index (κ2) is 35.5. The summed E-state index contributed by atoms with van der Waals surface area (Å²) in [5.41, 5.74) is 3.81. The second-order valence-electron chi connectivity index (χ2n) is 9.80. The molecule has 1 unspecified atom stereocenters. The van der Waals surface area contributed by atoms with E-state index in [0.29, 0.717) is 6.04 Å². The first-order valence-electron chi connectivity index (χ1n) is 16.7. The zero-order valence-corrected chi connectivity index (χ0v) is 27.6. The van der Waals surface area contributed by atoms with E-state index in [2.05, 4.69) is 62.7 Å². The van der Waals surface area contributed by atoms with Crippen LogP contribution in [0.5, 0.6) is 0 Å². The van der Waals surface area contributed by atoms with E-state index in [-0.39, 0.29) is 0 Å². The van der Waals surface area contributed by atoms with E-state index in [1.54, 1.807) is 0 Å². The van der Waals surface area contributed by atoms with Crippen LogP contribution >= 0.6 is 0 Å². The van der Waals surface area contributed by atoms with Crippen LogP contribution in [0.3, 0.4) is 0 Å². The highest BCUT2D eigenvalue weighted by Crippen LogP contribution is 2.19. The minimum atomic E-state index is 0.312. The molecule has 0 aromatic carbocycles. The molecule has 1 aliphatic carbocycles. The zero-order chi connectivity index (χ0) is 29.3. The standard InChI is InChI=1S/C31H53N.3C2H6/c1-5-6-7-8-9-10-11-12-13-14-15-16-17-18-19-21-24-29(4)32-31(28(2)3)27-30-25-22-20-23-26-30;3*1-2/h10-11,22,25-26,31-32H,2,4-9,12-21,23-24,27H2,1,3H3;3*1-2H3/b11-10-;;;. The Hall–Kier alpha value is -1.50. The van der Waals surface area contributed by atoms with Gasteiger partial charge in [0.2, 0.25) is 0 Å². The molecule has 0 aromatic heterocycles. The van der Waals surface area contributed by atoms with Crippen LogP contribution in [-0.4, -0.2) is 6.04 Å². The summed E-state index contributed by atoms with van der Waals surface area (Å²) in [5, 5.41) is 3.64. The highest BCUT2D eigenvalue weighted by atomic mass is 14.9. The summed E-state index contributed by atoms with van der Waals surface area (Å²) in [6.45, 7) is 24.9. The van der Waals surface area contributed by atoms with Gasteiger partial charge in [-0.05, 0) is 70.3 Å². The Bertz CT molecular complexity index is 578. The topological polar surface area (TPSA) is 12.0 Å². The van der Waals surface area contributed by atoms with Crippen LogP contribution in [0.15, 0.2) is 60.4 Å². The van der Waals surface area contributed by atoms with E-state index < -0.39 is 0 Å². The first-order valence-corrected chi connectivity index (χ1v) is 16.7. The van der Waals surface area contributed by atoms with Crippen LogP contribution in [-0.2, 0) is 0 Å². The van der Waals surface area contributed by atoms with Gasteiger partial charge in [-0.2, -0.15) is 0 Å². The van der Waals surface area contributed by atoms with Crippen molar-refractivity contribution < 1.29 is 0 Å². The maximum absolute atomic E-state index is 4.28. The summed E-state index contributed by atoms with van der Waals surface area (Å²) in [5.74, 6) is 0. The van der Waals surface area contributed by atoms with Crippen LogP contribution in [0.2, 0.25) is 0 Å². The monoisotopic (exact) mass is 530 g/mol. The molecule has 38 heavy (non-hydrogen) atoms. The van der Waals surface area contributed by atoms with Gasteiger partial charge in [0.15, 0.2) is 0 Å². The lowest BCUT2D eigenvalue weighted by Gasteiger charge is -2.23. The third-order valence-electron chi connectivity index (χ3n) is 6.48. The van der Waals surface area contributed by atoms with Gasteiger partial charge in [0.25, 0.3) is 0 Å². The zero-order valence-electron chi connectivity index (χ0n) is 27.6. The third kappa shape index (κ3) is 29.1. The molecule has 0 heterocycles. The lowest BCUT2D eigenvalue weighted by atomic mass is 9.96. The molecule has 0 spiro atoms. The van der Waals surface area contributed by atoms with Gasteiger partial charge in [-0.3, -0.25) is 0 Å². The van der Waals surface area contributed by atoms with E-state index in [0.717, 1.165) is 12.8 Å². The lowest BCUT2D eigenvalue weighted by molar-refractivity contribution is 0.555. The normalized spacial score (nSPS) is 12.7. The third-order valence-corrected chi connectivity index (χ3v) is 6.48. The van der Waals surface area contributed by atoms with Crippen molar-refractivity contribution >= 4 is 0 Å². The average molecular weight is 530 g/mol. The smallest absolute Gasteiger partial charge is 0.0505 e. The van der Waals surface area contributed by atoms with Crippen molar-refractivity contribution in [1.82, 2.24) is 5.32 Å². The predicted octanol–water partition coefficient (Wildman–Crippen LogP) is 13.2. The van der Waals surface area contributed by atoms with Gasteiger partial charge in [-0.15, -0.1) is 0 Å². The number of hydrogen-bond donors (Lipinski definition) is 1. The molecule has 1 N–H and O–H groups in total. The minimum Gasteiger partial charge on any atom is -0.382 e. The van der Waals surface area contributed by atoms with Crippen molar-refractivity contribution in [3.8, 4) is 0 Å². The molecular weight excluding hydrogens is 458 g/mol. The Morgan fingerprint density at radius 1 is 0.763 bits per heavy atom. The Balaban J connectivity index is -0.00000190. The van der Waals surface area contributed by atoms with Crippen LogP contribution < -0.4 is 5.32 Å². The van der Waals surface area contributed by atoms with Gasteiger partial charge in [-0.25, -0.2) is 0 Å². The first-order chi connectivity index (χ1) is 18.6. The molecule has 0 fully saturated rings. The summed E-state index contributed by atoms with van der Waals surface area (Å²) < 4.78 is 0. The molecule has 1 atom stereocenters. The SMILES string of the molecule is C=C(CCCCCCCCCC/C=C\CCCCCC)NC(CC1=CCCC=C1)C(=C)C.CC.CC.CC. The van der Waals surface area contributed by atoms with Gasteiger partial charge in [0.05, 0.1) is 6.04 Å². The van der Waals surface area contributed by atoms with Crippen molar-refractivity contribution in [2.24, 2.45) is 0 Å². The van der Waals surface area contributed by atoms with E-state index in [4.69, 9.17) is 0 Å². The van der Waals surface area contributed by atoms with Gasteiger partial charge in [-0.1, -0.05) is 155 Å². The molecule has 0 aromatic rings. The van der Waals surface area contributed by atoms with Gasteiger partial charge in [0.1, 0.15) is 0 Å². The summed E-state index contributed by atoms with van der Waals surface area (Å²) in [6, 6.07) is 0.312. The van der Waals surface area contributed by atoms with Crippen molar-refractivity contribution in [3.05, 3.63) is 60.4 Å². The Labute approximate surface area is 242 Å². The van der Waals surface area contributed by atoms with E-state index in [1.165, 1.54) is 120 Å². The largest absolute Gasteiger partial charge is 0.382 e. The Morgan fingerprint density at radius 3 is 1.74 bits per heavy atom. The molecule has 224 valence electrons. The quantitative estimate of drug-likeness (QED) is 0.115. The molecule has 0 saturated carbocycles. The predicted molar refractivity (Wildman–Crippen MR) is 180 cm³/mol. The molecule has 0 bridgehead atoms. The Kier molecular flexibility index (Phi) is 38.3. The number of allylic oxidation sites excluding steroid dienone is 6. The average Bonchev–Trinajstić information content (AvgIpc) is 2.96. The van der Waals surface area contributed by atoms with Gasteiger partial charge >= 0.3 is 0 Å². The minimum absolute atomic E-state index is 0.312. The molecule has 1 heteroatoms. The van der Waals surface area contributed by atoms with Crippen molar-refractivity contribution in [2.75, 3.05) is 0 Å². The summed E-state index contributed by atoms with van der Waals surface area (Å²) in [7, 11) is 0. The van der Waals surface area contributed by atoms with E-state index >= 15 is 0 Å². The summed E-state index contributed by atoms with van der Waals surface area (Å²) in [4.78, 5) is 0. The fourth-order valence-electron chi connectivity index (χ4n) is 4.31. The van der Waals surface area contributed by atoms with Crippen LogP contribution in [0.4, 0.5) is 0 Å². The molecule has 1 aliphatic rings. The van der Waals surface area contributed by atoms with E-state index in [9.17, 15) is 0 Å². The second-order valence-corrected chi connectivity index (χ2v) is 9.80. The number of hydrogen-bond acceptors (Lipinski definition) is 1. The molecule has 0 aliphatic heterocycles. The molecule has 0 amide bonds. The van der Waals surface area contributed by atoms with Crippen molar-refractivity contribution in [1.29, 1.82) is 0 Å². The summed E-state index contributed by atoms with van der Waals surface area (Å²) in [6.07, 6.45) is 35.2. The highest BCUT2D eigenvalue weighted by Gasteiger charge is 2.12. The molecule has 0 saturated heterocycles. The molecular formula is C37H71N. The fourth-order valence-corrected chi connectivity index (χ4v) is 4.31. The van der Waals surface area contributed by atoms with Crippen LogP contribution in [0.1, 0.15) is 171 Å². The summed E-state index contributed by atoms with van der Waals surface area (Å²) >= 11 is 0. The molecule has 1 nitrogen and oxygen atoms in total. The van der Waals surface area contributed by atoms with Gasteiger partial charge < -0.3 is 5.32 Å². The maximum Gasteiger partial charge on any atom is 0.0505 e. The first kappa shape index (κ1) is 41.0. The highest BCUT2D eigenvalue weighted by molar-refractivity contribution is 5.26. The number of rotatable bonds is 21. The van der Waals surface area contributed by atoms with Gasteiger partial charge in [0, 0.05) is 5.70 Å². The Morgan fingerprint density at radius 2 is 1.26 bits per heavy atom. The van der Waals surface area contributed by atoms with Crippen molar-refractivity contribution in [3.63, 3.8) is 0 Å². The van der Waals surface area contributed by atoms with E-state index in [1.807, 2.05) is 41.5 Å². The van der Waals surface area contributed by atoms with Crippen molar-refractivity contribution in [2.45, 2.75) is 177 Å².